The van der Waals surface area contributed by atoms with Gasteiger partial charge in [0.25, 0.3) is 5.19 Å². The van der Waals surface area contributed by atoms with Gasteiger partial charge in [0.05, 0.1) is 20.4 Å². The van der Waals surface area contributed by atoms with E-state index in [9.17, 15) is 0 Å². The molecule has 0 radical (unpaired) electrons. The van der Waals surface area contributed by atoms with Crippen molar-refractivity contribution in [1.82, 2.24) is 14.6 Å². The number of benzene rings is 2. The van der Waals surface area contributed by atoms with Crippen molar-refractivity contribution in [2.24, 2.45) is 0 Å². The average Bonchev–Trinajstić information content (AvgIpc) is 3.45. The van der Waals surface area contributed by atoms with E-state index in [1.165, 1.54) is 11.3 Å². The van der Waals surface area contributed by atoms with Crippen LogP contribution >= 0.6 is 11.3 Å². The SMILES string of the molecule is COc1cc(OCc2ccccc2)c2oc(-c3cnc4sc(OC)nn34)cc2c1. The molecule has 29 heavy (non-hydrogen) atoms. The molecule has 5 rings (SSSR count). The van der Waals surface area contributed by atoms with Crippen LogP contribution in [0.4, 0.5) is 0 Å². The molecule has 146 valence electrons. The molecular weight excluding hydrogens is 390 g/mol. The summed E-state index contributed by atoms with van der Waals surface area (Å²) in [5.41, 5.74) is 2.46. The van der Waals surface area contributed by atoms with Crippen LogP contribution in [0.3, 0.4) is 0 Å². The number of ether oxygens (including phenoxy) is 3. The number of hydrogen-bond acceptors (Lipinski definition) is 7. The molecule has 0 aliphatic rings. The molecule has 8 heteroatoms. The van der Waals surface area contributed by atoms with E-state index >= 15 is 0 Å². The maximum absolute atomic E-state index is 6.16. The highest BCUT2D eigenvalue weighted by molar-refractivity contribution is 7.18. The molecule has 0 spiro atoms. The van der Waals surface area contributed by atoms with Gasteiger partial charge in [0.2, 0.25) is 4.96 Å². The monoisotopic (exact) mass is 407 g/mol. The summed E-state index contributed by atoms with van der Waals surface area (Å²) >= 11 is 1.37. The van der Waals surface area contributed by atoms with E-state index in [0.29, 0.717) is 34.6 Å². The van der Waals surface area contributed by atoms with Gasteiger partial charge in [-0.1, -0.05) is 30.3 Å². The lowest BCUT2D eigenvalue weighted by Crippen LogP contribution is -1.96. The third-order valence-corrected chi connectivity index (χ3v) is 5.41. The Kier molecular flexibility index (Phi) is 4.33. The van der Waals surface area contributed by atoms with Crippen LogP contribution in [0.2, 0.25) is 0 Å². The van der Waals surface area contributed by atoms with Gasteiger partial charge in [0, 0.05) is 11.5 Å². The molecule has 0 saturated heterocycles. The first-order valence-corrected chi connectivity index (χ1v) is 9.74. The fraction of sp³-hybridized carbons (Fsp3) is 0.143. The predicted molar refractivity (Wildman–Crippen MR) is 110 cm³/mol. The third-order valence-electron chi connectivity index (χ3n) is 4.52. The Morgan fingerprint density at radius 3 is 2.72 bits per heavy atom. The number of aromatic nitrogens is 3. The minimum absolute atomic E-state index is 0.430. The summed E-state index contributed by atoms with van der Waals surface area (Å²) in [5, 5.41) is 5.82. The molecule has 0 unspecified atom stereocenters. The van der Waals surface area contributed by atoms with Crippen molar-refractivity contribution in [2.75, 3.05) is 14.2 Å². The molecule has 7 nitrogen and oxygen atoms in total. The predicted octanol–water partition coefficient (Wildman–Crippen LogP) is 4.80. The van der Waals surface area contributed by atoms with Crippen molar-refractivity contribution in [1.29, 1.82) is 0 Å². The van der Waals surface area contributed by atoms with Crippen LogP contribution in [0.15, 0.2) is 59.1 Å². The fourth-order valence-corrected chi connectivity index (χ4v) is 3.80. The molecule has 0 fully saturated rings. The van der Waals surface area contributed by atoms with Crippen LogP contribution < -0.4 is 14.2 Å². The van der Waals surface area contributed by atoms with Crippen LogP contribution in [-0.4, -0.2) is 28.8 Å². The van der Waals surface area contributed by atoms with E-state index < -0.39 is 0 Å². The summed E-state index contributed by atoms with van der Waals surface area (Å²) in [6.07, 6.45) is 1.73. The van der Waals surface area contributed by atoms with E-state index in [1.54, 1.807) is 24.9 Å². The van der Waals surface area contributed by atoms with Crippen molar-refractivity contribution in [2.45, 2.75) is 6.61 Å². The molecule has 0 amide bonds. The number of methoxy groups -OCH3 is 2. The van der Waals surface area contributed by atoms with Crippen LogP contribution in [-0.2, 0) is 6.61 Å². The van der Waals surface area contributed by atoms with Gasteiger partial charge in [0.15, 0.2) is 17.1 Å². The molecule has 0 aliphatic carbocycles. The zero-order valence-corrected chi connectivity index (χ0v) is 16.6. The number of rotatable bonds is 6. The first-order valence-electron chi connectivity index (χ1n) is 8.92. The Hall–Kier alpha value is -3.52. The second-order valence-electron chi connectivity index (χ2n) is 6.34. The molecule has 0 saturated carbocycles. The number of fused-ring (bicyclic) bond motifs is 2. The molecule has 0 atom stereocenters. The molecular formula is C21H17N3O4S. The normalized spacial score (nSPS) is 11.2. The number of imidazole rings is 1. The number of furan rings is 1. The van der Waals surface area contributed by atoms with Gasteiger partial charge in [-0.3, -0.25) is 0 Å². The Labute approximate surface area is 170 Å². The van der Waals surface area contributed by atoms with E-state index in [1.807, 2.05) is 48.5 Å². The van der Waals surface area contributed by atoms with Crippen LogP contribution in [0.25, 0.3) is 27.4 Å². The van der Waals surface area contributed by atoms with Gasteiger partial charge in [-0.05, 0) is 29.0 Å². The first kappa shape index (κ1) is 17.6. The lowest BCUT2D eigenvalue weighted by Gasteiger charge is -2.08. The van der Waals surface area contributed by atoms with Crippen molar-refractivity contribution in [3.05, 3.63) is 60.3 Å². The summed E-state index contributed by atoms with van der Waals surface area (Å²) in [7, 11) is 3.22. The first-order chi connectivity index (χ1) is 14.2. The minimum atomic E-state index is 0.430. The Morgan fingerprint density at radius 1 is 1.07 bits per heavy atom. The lowest BCUT2D eigenvalue weighted by molar-refractivity contribution is 0.303. The summed E-state index contributed by atoms with van der Waals surface area (Å²) in [6.45, 7) is 0.430. The average molecular weight is 407 g/mol. The Bertz CT molecular complexity index is 1290. The zero-order chi connectivity index (χ0) is 19.8. The minimum Gasteiger partial charge on any atom is -0.497 e. The van der Waals surface area contributed by atoms with Crippen molar-refractivity contribution in [3.63, 3.8) is 0 Å². The summed E-state index contributed by atoms with van der Waals surface area (Å²) in [5.74, 6) is 1.95. The van der Waals surface area contributed by atoms with Crippen LogP contribution in [0, 0.1) is 0 Å². The smallest absolute Gasteiger partial charge is 0.294 e. The molecule has 3 heterocycles. The van der Waals surface area contributed by atoms with Gasteiger partial charge in [-0.15, -0.1) is 5.10 Å². The van der Waals surface area contributed by atoms with Crippen molar-refractivity contribution in [3.8, 4) is 28.1 Å². The van der Waals surface area contributed by atoms with E-state index in [-0.39, 0.29) is 0 Å². The Morgan fingerprint density at radius 2 is 1.93 bits per heavy atom. The number of nitrogens with zero attached hydrogens (tertiary/aromatic N) is 3. The molecule has 5 aromatic rings. The molecule has 0 bridgehead atoms. The van der Waals surface area contributed by atoms with E-state index in [0.717, 1.165) is 21.6 Å². The maximum atomic E-state index is 6.16. The third kappa shape index (κ3) is 3.17. The number of hydrogen-bond donors (Lipinski definition) is 0. The second-order valence-corrected chi connectivity index (χ2v) is 7.26. The van der Waals surface area contributed by atoms with Gasteiger partial charge < -0.3 is 18.6 Å². The quantitative estimate of drug-likeness (QED) is 0.403. The largest absolute Gasteiger partial charge is 0.497 e. The summed E-state index contributed by atoms with van der Waals surface area (Å²) in [6, 6.07) is 15.7. The van der Waals surface area contributed by atoms with Crippen LogP contribution in [0.5, 0.6) is 16.7 Å². The maximum Gasteiger partial charge on any atom is 0.294 e. The fourth-order valence-electron chi connectivity index (χ4n) is 3.11. The van der Waals surface area contributed by atoms with Gasteiger partial charge in [-0.25, -0.2) is 4.98 Å². The summed E-state index contributed by atoms with van der Waals surface area (Å²) in [4.78, 5) is 5.12. The van der Waals surface area contributed by atoms with Crippen molar-refractivity contribution >= 4 is 27.3 Å². The van der Waals surface area contributed by atoms with Gasteiger partial charge >= 0.3 is 0 Å². The molecule has 0 aliphatic heterocycles. The summed E-state index contributed by atoms with van der Waals surface area (Å²) < 4.78 is 24.6. The lowest BCUT2D eigenvalue weighted by atomic mass is 10.2. The highest BCUT2D eigenvalue weighted by Crippen LogP contribution is 2.38. The highest BCUT2D eigenvalue weighted by atomic mass is 32.1. The second kappa shape index (κ2) is 7.14. The molecule has 3 aromatic heterocycles. The Balaban J connectivity index is 1.57. The highest BCUT2D eigenvalue weighted by Gasteiger charge is 2.18. The van der Waals surface area contributed by atoms with Crippen LogP contribution in [0.1, 0.15) is 5.56 Å². The molecule has 2 aromatic carbocycles. The zero-order valence-electron chi connectivity index (χ0n) is 15.8. The van der Waals surface area contributed by atoms with Gasteiger partial charge in [-0.2, -0.15) is 4.52 Å². The topological polar surface area (TPSA) is 71.0 Å². The van der Waals surface area contributed by atoms with Crippen molar-refractivity contribution < 1.29 is 18.6 Å². The van der Waals surface area contributed by atoms with Gasteiger partial charge in [0.1, 0.15) is 18.1 Å². The molecule has 0 N–H and O–H groups in total. The standard InChI is InChI=1S/C21H17N3O4S/c1-25-15-8-14-9-17(16-11-22-20-24(16)23-21(26-2)29-20)28-19(14)18(10-15)27-12-13-6-4-3-5-7-13/h3-11H,12H2,1-2H3. The van der Waals surface area contributed by atoms with E-state index in [4.69, 9.17) is 18.6 Å². The van der Waals surface area contributed by atoms with E-state index in [2.05, 4.69) is 10.1 Å².